The van der Waals surface area contributed by atoms with E-state index in [1.807, 2.05) is 42.5 Å². The van der Waals surface area contributed by atoms with E-state index in [1.54, 1.807) is 6.26 Å². The fraction of sp³-hybridized carbons (Fsp3) is 0.267. The molecule has 1 aromatic carbocycles. The number of hydrogen-bond donors (Lipinski definition) is 0. The van der Waals surface area contributed by atoms with Gasteiger partial charge in [-0.25, -0.2) is 0 Å². The third kappa shape index (κ3) is 4.09. The van der Waals surface area contributed by atoms with E-state index in [0.717, 1.165) is 24.2 Å². The molecule has 0 saturated carbocycles. The Morgan fingerprint density at radius 3 is 2.67 bits per heavy atom. The number of esters is 1. The molecule has 3 nitrogen and oxygen atoms in total. The van der Waals surface area contributed by atoms with Crippen LogP contribution in [0.2, 0.25) is 0 Å². The highest BCUT2D eigenvalue weighted by molar-refractivity contribution is 5.69. The van der Waals surface area contributed by atoms with Crippen molar-refractivity contribution in [1.29, 1.82) is 0 Å². The molecular weight excluding hydrogens is 228 g/mol. The van der Waals surface area contributed by atoms with E-state index >= 15 is 0 Å². The second-order valence-electron chi connectivity index (χ2n) is 4.08. The number of ether oxygens (including phenoxy) is 1. The summed E-state index contributed by atoms with van der Waals surface area (Å²) >= 11 is 0. The lowest BCUT2D eigenvalue weighted by atomic mass is 10.2. The van der Waals surface area contributed by atoms with Crippen LogP contribution in [-0.2, 0) is 22.6 Å². The van der Waals surface area contributed by atoms with Crippen molar-refractivity contribution in [2.24, 2.45) is 0 Å². The van der Waals surface area contributed by atoms with Crippen LogP contribution in [0.1, 0.15) is 24.2 Å². The van der Waals surface area contributed by atoms with Gasteiger partial charge in [0.25, 0.3) is 0 Å². The molecule has 2 rings (SSSR count). The average molecular weight is 244 g/mol. The summed E-state index contributed by atoms with van der Waals surface area (Å²) in [5.74, 6) is 0.747. The molecular formula is C15H16O3. The Bertz CT molecular complexity index is 460. The van der Waals surface area contributed by atoms with Gasteiger partial charge in [-0.15, -0.1) is 0 Å². The highest BCUT2D eigenvalue weighted by Crippen LogP contribution is 2.07. The first kappa shape index (κ1) is 12.4. The molecule has 0 aliphatic heterocycles. The molecule has 0 N–H and O–H groups in total. The van der Waals surface area contributed by atoms with Crippen molar-refractivity contribution in [1.82, 2.24) is 0 Å². The summed E-state index contributed by atoms with van der Waals surface area (Å²) in [6.07, 6.45) is 3.59. The second kappa shape index (κ2) is 6.64. The SMILES string of the molecule is O=C(CCCc1ccco1)OCc1ccccc1. The molecule has 0 fully saturated rings. The van der Waals surface area contributed by atoms with Crippen LogP contribution in [0.15, 0.2) is 53.1 Å². The molecule has 18 heavy (non-hydrogen) atoms. The highest BCUT2D eigenvalue weighted by atomic mass is 16.5. The topological polar surface area (TPSA) is 39.4 Å². The summed E-state index contributed by atoms with van der Waals surface area (Å²) in [5.41, 5.74) is 1.01. The molecule has 0 amide bonds. The van der Waals surface area contributed by atoms with Crippen LogP contribution < -0.4 is 0 Å². The Hall–Kier alpha value is -2.03. The van der Waals surface area contributed by atoms with Crippen molar-refractivity contribution in [3.63, 3.8) is 0 Å². The van der Waals surface area contributed by atoms with Crippen molar-refractivity contribution in [2.45, 2.75) is 25.9 Å². The Morgan fingerprint density at radius 2 is 1.94 bits per heavy atom. The third-order valence-electron chi connectivity index (χ3n) is 2.63. The van der Waals surface area contributed by atoms with Gasteiger partial charge in [-0.3, -0.25) is 4.79 Å². The van der Waals surface area contributed by atoms with Gasteiger partial charge in [0.1, 0.15) is 12.4 Å². The molecule has 1 aromatic heterocycles. The van der Waals surface area contributed by atoms with E-state index in [9.17, 15) is 4.79 Å². The summed E-state index contributed by atoms with van der Waals surface area (Å²) in [4.78, 5) is 11.5. The quantitative estimate of drug-likeness (QED) is 0.731. The number of aryl methyl sites for hydroxylation is 1. The Kier molecular flexibility index (Phi) is 4.59. The standard InChI is InChI=1S/C15H16O3/c16-15(10-4-8-14-9-5-11-17-14)18-12-13-6-2-1-3-7-13/h1-3,5-7,9,11H,4,8,10,12H2. The predicted molar refractivity (Wildman–Crippen MR) is 67.9 cm³/mol. The van der Waals surface area contributed by atoms with Gasteiger partial charge in [-0.05, 0) is 24.1 Å². The van der Waals surface area contributed by atoms with Gasteiger partial charge in [0.05, 0.1) is 6.26 Å². The first-order valence-corrected chi connectivity index (χ1v) is 6.06. The third-order valence-corrected chi connectivity index (χ3v) is 2.63. The summed E-state index contributed by atoms with van der Waals surface area (Å²) < 4.78 is 10.4. The van der Waals surface area contributed by atoms with Crippen molar-refractivity contribution in [3.05, 3.63) is 60.1 Å². The maximum absolute atomic E-state index is 11.5. The van der Waals surface area contributed by atoms with Crippen molar-refractivity contribution >= 4 is 5.97 Å². The van der Waals surface area contributed by atoms with E-state index in [2.05, 4.69) is 0 Å². The van der Waals surface area contributed by atoms with Crippen LogP contribution in [0.3, 0.4) is 0 Å². The minimum atomic E-state index is -0.162. The van der Waals surface area contributed by atoms with E-state index in [1.165, 1.54) is 0 Å². The zero-order valence-electron chi connectivity index (χ0n) is 10.2. The lowest BCUT2D eigenvalue weighted by Gasteiger charge is -2.04. The van der Waals surface area contributed by atoms with E-state index in [-0.39, 0.29) is 5.97 Å². The number of benzene rings is 1. The van der Waals surface area contributed by atoms with Crippen LogP contribution >= 0.6 is 0 Å². The molecule has 0 aliphatic carbocycles. The molecule has 3 heteroatoms. The molecule has 0 saturated heterocycles. The number of furan rings is 1. The van der Waals surface area contributed by atoms with Gasteiger partial charge in [0.2, 0.25) is 0 Å². The van der Waals surface area contributed by atoms with Crippen LogP contribution in [-0.4, -0.2) is 5.97 Å². The number of rotatable bonds is 6. The van der Waals surface area contributed by atoms with Crippen LogP contribution in [0.4, 0.5) is 0 Å². The summed E-state index contributed by atoms with van der Waals surface area (Å²) in [5, 5.41) is 0. The maximum atomic E-state index is 11.5. The van der Waals surface area contributed by atoms with Crippen LogP contribution in [0, 0.1) is 0 Å². The van der Waals surface area contributed by atoms with Crippen molar-refractivity contribution < 1.29 is 13.9 Å². The molecule has 94 valence electrons. The van der Waals surface area contributed by atoms with Crippen LogP contribution in [0.5, 0.6) is 0 Å². The molecule has 1 heterocycles. The highest BCUT2D eigenvalue weighted by Gasteiger charge is 2.04. The van der Waals surface area contributed by atoms with Gasteiger partial charge in [-0.1, -0.05) is 30.3 Å². The summed E-state index contributed by atoms with van der Waals surface area (Å²) in [7, 11) is 0. The monoisotopic (exact) mass is 244 g/mol. The fourth-order valence-electron chi connectivity index (χ4n) is 1.67. The molecule has 0 radical (unpaired) electrons. The van der Waals surface area contributed by atoms with E-state index in [4.69, 9.17) is 9.15 Å². The molecule has 0 bridgehead atoms. The first-order valence-electron chi connectivity index (χ1n) is 6.06. The summed E-state index contributed by atoms with van der Waals surface area (Å²) in [6, 6.07) is 13.4. The van der Waals surface area contributed by atoms with Crippen LogP contribution in [0.25, 0.3) is 0 Å². The normalized spacial score (nSPS) is 10.2. The zero-order chi connectivity index (χ0) is 12.6. The fourth-order valence-corrected chi connectivity index (χ4v) is 1.67. The van der Waals surface area contributed by atoms with Gasteiger partial charge in [-0.2, -0.15) is 0 Å². The number of carbonyl (C=O) groups is 1. The summed E-state index contributed by atoms with van der Waals surface area (Å²) in [6.45, 7) is 0.348. The number of carbonyl (C=O) groups excluding carboxylic acids is 1. The first-order chi connectivity index (χ1) is 8.84. The smallest absolute Gasteiger partial charge is 0.306 e. The molecule has 2 aromatic rings. The minimum Gasteiger partial charge on any atom is -0.469 e. The predicted octanol–water partition coefficient (Wildman–Crippen LogP) is 3.35. The van der Waals surface area contributed by atoms with Gasteiger partial charge in [0.15, 0.2) is 0 Å². The molecule has 0 spiro atoms. The average Bonchev–Trinajstić information content (AvgIpc) is 2.91. The van der Waals surface area contributed by atoms with E-state index in [0.29, 0.717) is 13.0 Å². The number of hydrogen-bond acceptors (Lipinski definition) is 3. The lowest BCUT2D eigenvalue weighted by molar-refractivity contribution is -0.145. The Morgan fingerprint density at radius 1 is 1.11 bits per heavy atom. The van der Waals surface area contributed by atoms with Crippen molar-refractivity contribution in [3.8, 4) is 0 Å². The maximum Gasteiger partial charge on any atom is 0.306 e. The molecule has 0 unspecified atom stereocenters. The zero-order valence-corrected chi connectivity index (χ0v) is 10.2. The van der Waals surface area contributed by atoms with Gasteiger partial charge < -0.3 is 9.15 Å². The molecule has 0 aliphatic rings. The Balaban J connectivity index is 1.63. The van der Waals surface area contributed by atoms with Gasteiger partial charge >= 0.3 is 5.97 Å². The molecule has 0 atom stereocenters. The van der Waals surface area contributed by atoms with Crippen molar-refractivity contribution in [2.75, 3.05) is 0 Å². The second-order valence-corrected chi connectivity index (χ2v) is 4.08. The Labute approximate surface area is 106 Å². The largest absolute Gasteiger partial charge is 0.469 e. The lowest BCUT2D eigenvalue weighted by Crippen LogP contribution is -2.04. The minimum absolute atomic E-state index is 0.162. The van der Waals surface area contributed by atoms with E-state index < -0.39 is 0 Å². The van der Waals surface area contributed by atoms with Gasteiger partial charge in [0, 0.05) is 12.8 Å².